The summed E-state index contributed by atoms with van der Waals surface area (Å²) in [5, 5.41) is 7.71. The third kappa shape index (κ3) is 5.78. The maximum Gasteiger partial charge on any atom is 0.193 e. The zero-order valence-corrected chi connectivity index (χ0v) is 16.6. The molecule has 126 valence electrons. The van der Waals surface area contributed by atoms with Gasteiger partial charge in [0.15, 0.2) is 5.96 Å². The Hall–Kier alpha value is -0.790. The monoisotopic (exact) mass is 419 g/mol. The molecular formula is C16H30IN5. The molecule has 2 unspecified atom stereocenters. The van der Waals surface area contributed by atoms with Crippen molar-refractivity contribution in [3.05, 3.63) is 18.0 Å². The molecule has 22 heavy (non-hydrogen) atoms. The third-order valence-corrected chi connectivity index (χ3v) is 4.06. The van der Waals surface area contributed by atoms with Crippen LogP contribution in [0, 0.1) is 11.8 Å². The van der Waals surface area contributed by atoms with E-state index in [0.717, 1.165) is 50.3 Å². The van der Waals surface area contributed by atoms with Crippen molar-refractivity contribution in [1.29, 1.82) is 0 Å². The number of piperidine rings is 1. The number of nitrogens with one attached hydrogen (secondary N) is 1. The SMILES string of the molecule is CN=C(NCCCc1cnn(C)c1)N1CC(C)CC(C)C1.I. The molecule has 0 amide bonds. The van der Waals surface area contributed by atoms with Gasteiger partial charge in [0.1, 0.15) is 0 Å². The zero-order valence-electron chi connectivity index (χ0n) is 14.2. The van der Waals surface area contributed by atoms with E-state index in [1.165, 1.54) is 12.0 Å². The number of halogens is 1. The van der Waals surface area contributed by atoms with Crippen molar-refractivity contribution in [3.63, 3.8) is 0 Å². The van der Waals surface area contributed by atoms with E-state index in [1.54, 1.807) is 0 Å². The maximum atomic E-state index is 4.44. The molecule has 0 spiro atoms. The van der Waals surface area contributed by atoms with Gasteiger partial charge in [-0.05, 0) is 36.7 Å². The average Bonchev–Trinajstić information content (AvgIpc) is 2.83. The van der Waals surface area contributed by atoms with Crippen molar-refractivity contribution in [2.24, 2.45) is 23.9 Å². The maximum absolute atomic E-state index is 4.44. The number of aliphatic imine (C=N–C) groups is 1. The van der Waals surface area contributed by atoms with Crippen LogP contribution in [0.1, 0.15) is 32.3 Å². The summed E-state index contributed by atoms with van der Waals surface area (Å²) in [4.78, 5) is 6.85. The topological polar surface area (TPSA) is 45.5 Å². The smallest absolute Gasteiger partial charge is 0.193 e. The van der Waals surface area contributed by atoms with Crippen molar-refractivity contribution in [2.75, 3.05) is 26.7 Å². The zero-order chi connectivity index (χ0) is 15.2. The molecule has 6 heteroatoms. The van der Waals surface area contributed by atoms with E-state index in [0.29, 0.717) is 0 Å². The standard InChI is InChI=1S/C16H29N5.HI/c1-13-8-14(2)11-21(10-13)16(17-3)18-7-5-6-15-9-19-20(4)12-15;/h9,12-14H,5-8,10-11H2,1-4H3,(H,17,18);1H. The van der Waals surface area contributed by atoms with Crippen LogP contribution >= 0.6 is 24.0 Å². The Morgan fingerprint density at radius 3 is 2.59 bits per heavy atom. The van der Waals surface area contributed by atoms with Crippen LogP contribution in [-0.2, 0) is 13.5 Å². The molecule has 2 heterocycles. The Morgan fingerprint density at radius 2 is 2.05 bits per heavy atom. The van der Waals surface area contributed by atoms with Gasteiger partial charge >= 0.3 is 0 Å². The molecule has 2 rings (SSSR count). The molecule has 1 N–H and O–H groups in total. The lowest BCUT2D eigenvalue weighted by atomic mass is 9.92. The van der Waals surface area contributed by atoms with Crippen LogP contribution in [-0.4, -0.2) is 47.3 Å². The molecule has 0 aromatic carbocycles. The summed E-state index contributed by atoms with van der Waals surface area (Å²) >= 11 is 0. The number of guanidine groups is 1. The van der Waals surface area contributed by atoms with Gasteiger partial charge in [0.05, 0.1) is 6.20 Å². The second kappa shape index (κ2) is 9.37. The van der Waals surface area contributed by atoms with Gasteiger partial charge in [-0.2, -0.15) is 5.10 Å². The highest BCUT2D eigenvalue weighted by Crippen LogP contribution is 2.20. The van der Waals surface area contributed by atoms with Crippen LogP contribution in [0.15, 0.2) is 17.4 Å². The van der Waals surface area contributed by atoms with Gasteiger partial charge in [-0.15, -0.1) is 24.0 Å². The van der Waals surface area contributed by atoms with E-state index in [4.69, 9.17) is 0 Å². The minimum atomic E-state index is 0. The van der Waals surface area contributed by atoms with E-state index in [1.807, 2.05) is 25.0 Å². The van der Waals surface area contributed by atoms with Gasteiger partial charge in [-0.1, -0.05) is 13.8 Å². The van der Waals surface area contributed by atoms with Crippen LogP contribution in [0.25, 0.3) is 0 Å². The van der Waals surface area contributed by atoms with Gasteiger partial charge in [0.25, 0.3) is 0 Å². The van der Waals surface area contributed by atoms with Gasteiger partial charge < -0.3 is 10.2 Å². The first-order valence-corrected chi connectivity index (χ1v) is 8.01. The minimum absolute atomic E-state index is 0. The van der Waals surface area contributed by atoms with Crippen molar-refractivity contribution in [1.82, 2.24) is 20.0 Å². The van der Waals surface area contributed by atoms with Crippen LogP contribution in [0.3, 0.4) is 0 Å². The van der Waals surface area contributed by atoms with Crippen molar-refractivity contribution >= 4 is 29.9 Å². The molecular weight excluding hydrogens is 389 g/mol. The summed E-state index contributed by atoms with van der Waals surface area (Å²) in [6.07, 6.45) is 7.52. The number of rotatable bonds is 4. The summed E-state index contributed by atoms with van der Waals surface area (Å²) in [5.74, 6) is 2.56. The van der Waals surface area contributed by atoms with E-state index >= 15 is 0 Å². The number of hydrogen-bond acceptors (Lipinski definition) is 2. The van der Waals surface area contributed by atoms with E-state index in [2.05, 4.69) is 40.4 Å². The van der Waals surface area contributed by atoms with Gasteiger partial charge in [-0.25, -0.2) is 0 Å². The molecule has 0 bridgehead atoms. The first-order valence-electron chi connectivity index (χ1n) is 8.01. The lowest BCUT2D eigenvalue weighted by Crippen LogP contribution is -2.48. The van der Waals surface area contributed by atoms with Gasteiger partial charge in [-0.3, -0.25) is 9.67 Å². The fourth-order valence-electron chi connectivity index (χ4n) is 3.26. The quantitative estimate of drug-likeness (QED) is 0.353. The lowest BCUT2D eigenvalue weighted by Gasteiger charge is -2.37. The predicted molar refractivity (Wildman–Crippen MR) is 103 cm³/mol. The van der Waals surface area contributed by atoms with E-state index in [-0.39, 0.29) is 24.0 Å². The van der Waals surface area contributed by atoms with Crippen LogP contribution in [0.2, 0.25) is 0 Å². The molecule has 2 atom stereocenters. The fraction of sp³-hybridized carbons (Fsp3) is 0.750. The molecule has 1 fully saturated rings. The predicted octanol–water partition coefficient (Wildman–Crippen LogP) is 2.52. The number of likely N-dealkylation sites (tertiary alicyclic amines) is 1. The molecule has 1 aromatic rings. The molecule has 0 radical (unpaired) electrons. The first-order chi connectivity index (χ1) is 10.1. The largest absolute Gasteiger partial charge is 0.356 e. The van der Waals surface area contributed by atoms with Crippen LogP contribution in [0.4, 0.5) is 0 Å². The summed E-state index contributed by atoms with van der Waals surface area (Å²) < 4.78 is 1.86. The highest BCUT2D eigenvalue weighted by molar-refractivity contribution is 14.0. The van der Waals surface area contributed by atoms with Gasteiger partial charge in [0.2, 0.25) is 0 Å². The first kappa shape index (κ1) is 19.3. The van der Waals surface area contributed by atoms with Crippen molar-refractivity contribution in [2.45, 2.75) is 33.1 Å². The Balaban J connectivity index is 0.00000242. The molecule has 1 aromatic heterocycles. The van der Waals surface area contributed by atoms with Gasteiger partial charge in [0, 0.05) is 39.9 Å². The second-order valence-electron chi connectivity index (χ2n) is 6.45. The van der Waals surface area contributed by atoms with Crippen molar-refractivity contribution in [3.8, 4) is 0 Å². The fourth-order valence-corrected chi connectivity index (χ4v) is 3.26. The van der Waals surface area contributed by atoms with Crippen LogP contribution in [0.5, 0.6) is 0 Å². The molecule has 5 nitrogen and oxygen atoms in total. The third-order valence-electron chi connectivity index (χ3n) is 4.06. The number of hydrogen-bond donors (Lipinski definition) is 1. The summed E-state index contributed by atoms with van der Waals surface area (Å²) in [6, 6.07) is 0. The second-order valence-corrected chi connectivity index (χ2v) is 6.45. The van der Waals surface area contributed by atoms with E-state index < -0.39 is 0 Å². The molecule has 1 aliphatic rings. The Kier molecular flexibility index (Phi) is 8.20. The highest BCUT2D eigenvalue weighted by atomic mass is 127. The summed E-state index contributed by atoms with van der Waals surface area (Å²) in [7, 11) is 3.84. The molecule has 0 aliphatic carbocycles. The molecule has 1 saturated heterocycles. The van der Waals surface area contributed by atoms with Crippen LogP contribution < -0.4 is 5.32 Å². The van der Waals surface area contributed by atoms with E-state index in [9.17, 15) is 0 Å². The normalized spacial score (nSPS) is 22.4. The molecule has 0 saturated carbocycles. The Morgan fingerprint density at radius 1 is 1.36 bits per heavy atom. The Bertz CT molecular complexity index is 461. The summed E-state index contributed by atoms with van der Waals surface area (Å²) in [5.41, 5.74) is 1.30. The number of nitrogens with zero attached hydrogens (tertiary/aromatic N) is 4. The highest BCUT2D eigenvalue weighted by Gasteiger charge is 2.23. The minimum Gasteiger partial charge on any atom is -0.356 e. The van der Waals surface area contributed by atoms with Crippen molar-refractivity contribution < 1.29 is 0 Å². The lowest BCUT2D eigenvalue weighted by molar-refractivity contribution is 0.208. The number of aromatic nitrogens is 2. The Labute approximate surface area is 151 Å². The number of aryl methyl sites for hydroxylation is 2. The average molecular weight is 419 g/mol. The molecule has 1 aliphatic heterocycles. The summed E-state index contributed by atoms with van der Waals surface area (Å²) in [6.45, 7) is 7.86.